The molecule has 3 atom stereocenters. The van der Waals surface area contributed by atoms with E-state index >= 15 is 0 Å². The first-order valence-corrected chi connectivity index (χ1v) is 9.99. The molecule has 0 aliphatic carbocycles. The fourth-order valence-corrected chi connectivity index (χ4v) is 5.38. The maximum atomic E-state index is 13.2. The van der Waals surface area contributed by atoms with Crippen molar-refractivity contribution < 1.29 is 4.79 Å². The van der Waals surface area contributed by atoms with Crippen LogP contribution in [0.3, 0.4) is 0 Å². The first-order chi connectivity index (χ1) is 13.2. The van der Waals surface area contributed by atoms with E-state index in [1.54, 1.807) is 0 Å². The first kappa shape index (κ1) is 16.8. The van der Waals surface area contributed by atoms with E-state index in [4.69, 9.17) is 0 Å². The summed E-state index contributed by atoms with van der Waals surface area (Å²) < 4.78 is 0. The van der Waals surface area contributed by atoms with Gasteiger partial charge in [0, 0.05) is 36.6 Å². The molecule has 0 saturated carbocycles. The van der Waals surface area contributed by atoms with Crippen LogP contribution < -0.4 is 5.32 Å². The van der Waals surface area contributed by atoms with Crippen molar-refractivity contribution in [1.82, 2.24) is 14.8 Å². The van der Waals surface area contributed by atoms with E-state index in [0.717, 1.165) is 25.3 Å². The summed E-state index contributed by atoms with van der Waals surface area (Å²) in [5.74, 6) is 0.959. The van der Waals surface area contributed by atoms with Crippen LogP contribution in [0.4, 0.5) is 10.5 Å². The van der Waals surface area contributed by atoms with Gasteiger partial charge in [-0.2, -0.15) is 0 Å². The van der Waals surface area contributed by atoms with Gasteiger partial charge in [-0.1, -0.05) is 23.8 Å². The summed E-state index contributed by atoms with van der Waals surface area (Å²) in [6, 6.07) is 13.0. The number of carbonyl (C=O) groups is 1. The minimum atomic E-state index is 0.0361. The van der Waals surface area contributed by atoms with Gasteiger partial charge in [0.1, 0.15) is 0 Å². The van der Waals surface area contributed by atoms with Gasteiger partial charge in [0.15, 0.2) is 0 Å². The van der Waals surface area contributed by atoms with Crippen LogP contribution in [0.15, 0.2) is 48.8 Å². The fourth-order valence-electron chi connectivity index (χ4n) is 5.38. The van der Waals surface area contributed by atoms with Gasteiger partial charge in [-0.05, 0) is 62.5 Å². The van der Waals surface area contributed by atoms with E-state index in [0.29, 0.717) is 23.9 Å². The molecule has 1 N–H and O–H groups in total. The quantitative estimate of drug-likeness (QED) is 0.890. The molecule has 4 saturated heterocycles. The van der Waals surface area contributed by atoms with Crippen LogP contribution >= 0.6 is 0 Å². The Kier molecular flexibility index (Phi) is 4.12. The van der Waals surface area contributed by atoms with Gasteiger partial charge < -0.3 is 10.2 Å². The van der Waals surface area contributed by atoms with Crippen molar-refractivity contribution in [2.24, 2.45) is 5.92 Å². The monoisotopic (exact) mass is 362 g/mol. The molecule has 0 radical (unpaired) electrons. The van der Waals surface area contributed by atoms with Crippen molar-refractivity contribution in [3.63, 3.8) is 0 Å². The van der Waals surface area contributed by atoms with Gasteiger partial charge >= 0.3 is 6.03 Å². The molecule has 1 aromatic heterocycles. The molecule has 0 spiro atoms. The molecule has 5 heterocycles. The molecule has 2 bridgehead atoms. The minimum Gasteiger partial charge on any atom is -0.319 e. The van der Waals surface area contributed by atoms with Gasteiger partial charge in [0.05, 0.1) is 6.04 Å². The van der Waals surface area contributed by atoms with Crippen molar-refractivity contribution in [2.45, 2.75) is 37.8 Å². The van der Waals surface area contributed by atoms with Crippen molar-refractivity contribution >= 4 is 11.7 Å². The lowest BCUT2D eigenvalue weighted by Gasteiger charge is -2.51. The topological polar surface area (TPSA) is 48.5 Å². The van der Waals surface area contributed by atoms with Crippen LogP contribution in [0.25, 0.3) is 0 Å². The van der Waals surface area contributed by atoms with Crippen molar-refractivity contribution in [3.05, 3.63) is 59.9 Å². The van der Waals surface area contributed by atoms with E-state index in [9.17, 15) is 4.79 Å². The second kappa shape index (κ2) is 6.64. The lowest BCUT2D eigenvalue weighted by Crippen LogP contribution is -2.61. The molecule has 3 unspecified atom stereocenters. The van der Waals surface area contributed by atoms with E-state index in [-0.39, 0.29) is 6.03 Å². The largest absolute Gasteiger partial charge is 0.322 e. The number of nitrogens with zero attached hydrogens (tertiary/aromatic N) is 3. The number of urea groups is 1. The Bertz CT molecular complexity index is 814. The number of anilines is 1. The van der Waals surface area contributed by atoms with Gasteiger partial charge in [-0.15, -0.1) is 0 Å². The summed E-state index contributed by atoms with van der Waals surface area (Å²) in [6.07, 6.45) is 6.21. The Morgan fingerprint density at radius 1 is 1.11 bits per heavy atom. The van der Waals surface area contributed by atoms with Gasteiger partial charge in [0.25, 0.3) is 0 Å². The number of likely N-dealkylation sites (tertiary alicyclic amines) is 1. The Balaban J connectivity index is 1.43. The van der Waals surface area contributed by atoms with Gasteiger partial charge in [-0.25, -0.2) is 4.79 Å². The second-order valence-corrected chi connectivity index (χ2v) is 8.20. The van der Waals surface area contributed by atoms with Crippen LogP contribution in [0.2, 0.25) is 0 Å². The molecular formula is C22H26N4O. The number of rotatable bonds is 2. The Labute approximate surface area is 160 Å². The zero-order valence-corrected chi connectivity index (χ0v) is 15.7. The third-order valence-corrected chi connectivity index (χ3v) is 6.67. The fraction of sp³-hybridized carbons (Fsp3) is 0.455. The van der Waals surface area contributed by atoms with Crippen LogP contribution in [0, 0.1) is 12.8 Å². The number of carbonyl (C=O) groups excluding carboxylic acids is 1. The summed E-state index contributed by atoms with van der Waals surface area (Å²) in [7, 11) is 0. The molecule has 2 amide bonds. The van der Waals surface area contributed by atoms with E-state index < -0.39 is 0 Å². The Morgan fingerprint density at radius 2 is 1.89 bits per heavy atom. The summed E-state index contributed by atoms with van der Waals surface area (Å²) in [5, 5.41) is 3.13. The molecule has 1 aromatic carbocycles. The summed E-state index contributed by atoms with van der Waals surface area (Å²) >= 11 is 0. The smallest absolute Gasteiger partial charge is 0.319 e. The van der Waals surface area contributed by atoms with Crippen molar-refractivity contribution in [2.75, 3.05) is 25.0 Å². The van der Waals surface area contributed by atoms with E-state index in [1.165, 1.54) is 24.0 Å². The molecule has 4 aliphatic rings. The highest BCUT2D eigenvalue weighted by Gasteiger charge is 2.54. The highest BCUT2D eigenvalue weighted by molar-refractivity contribution is 5.90. The predicted molar refractivity (Wildman–Crippen MR) is 106 cm³/mol. The number of amides is 2. The van der Waals surface area contributed by atoms with Crippen LogP contribution in [-0.2, 0) is 0 Å². The number of nitrogens with one attached hydrogen (secondary N) is 1. The zero-order chi connectivity index (χ0) is 18.4. The summed E-state index contributed by atoms with van der Waals surface area (Å²) in [5.41, 5.74) is 3.32. The first-order valence-electron chi connectivity index (χ1n) is 9.99. The number of aromatic nitrogens is 1. The lowest BCUT2D eigenvalue weighted by atomic mass is 9.75. The minimum absolute atomic E-state index is 0.0361. The lowest BCUT2D eigenvalue weighted by molar-refractivity contribution is 0.00493. The van der Waals surface area contributed by atoms with Crippen LogP contribution in [0.1, 0.15) is 29.9 Å². The molecule has 140 valence electrons. The van der Waals surface area contributed by atoms with Gasteiger partial charge in [0.2, 0.25) is 0 Å². The molecule has 4 fully saturated rings. The standard InChI is InChI=1S/C22H26N4O/c1-15-4-6-18(7-5-15)24-22(27)26-14-19(17-3-2-10-23-13-17)21-20(26)16-8-11-25(21)12-9-16/h2-7,10,13,16,19-21H,8-9,11-12,14H2,1H3,(H,24,27). The average molecular weight is 362 g/mol. The molecule has 6 rings (SSSR count). The molecule has 2 aromatic rings. The van der Waals surface area contributed by atoms with E-state index in [1.807, 2.05) is 42.7 Å². The highest BCUT2D eigenvalue weighted by atomic mass is 16.2. The number of hydrogen-bond acceptors (Lipinski definition) is 3. The summed E-state index contributed by atoms with van der Waals surface area (Å²) in [4.78, 5) is 22.2. The number of hydrogen-bond donors (Lipinski definition) is 1. The third kappa shape index (κ3) is 2.90. The van der Waals surface area contributed by atoms with Gasteiger partial charge in [-0.3, -0.25) is 9.88 Å². The average Bonchev–Trinajstić information content (AvgIpc) is 3.14. The molecule has 27 heavy (non-hydrogen) atoms. The number of fused-ring (bicyclic) bond motifs is 2. The molecule has 5 heteroatoms. The molecular weight excluding hydrogens is 336 g/mol. The van der Waals surface area contributed by atoms with Crippen molar-refractivity contribution in [1.29, 1.82) is 0 Å². The highest BCUT2D eigenvalue weighted by Crippen LogP contribution is 2.46. The number of pyridine rings is 1. The maximum absolute atomic E-state index is 13.2. The number of benzene rings is 1. The third-order valence-electron chi connectivity index (χ3n) is 6.67. The number of aryl methyl sites for hydroxylation is 1. The second-order valence-electron chi connectivity index (χ2n) is 8.20. The maximum Gasteiger partial charge on any atom is 0.322 e. The normalized spacial score (nSPS) is 31.6. The Morgan fingerprint density at radius 3 is 2.59 bits per heavy atom. The van der Waals surface area contributed by atoms with Crippen LogP contribution in [-0.4, -0.2) is 52.5 Å². The van der Waals surface area contributed by atoms with Crippen molar-refractivity contribution in [3.8, 4) is 0 Å². The molecule has 4 aliphatic heterocycles. The zero-order valence-electron chi connectivity index (χ0n) is 15.7. The molecule has 5 nitrogen and oxygen atoms in total. The summed E-state index contributed by atoms with van der Waals surface area (Å²) in [6.45, 7) is 5.15. The Hall–Kier alpha value is -2.40. The number of piperidine rings is 3. The predicted octanol–water partition coefficient (Wildman–Crippen LogP) is 3.48. The van der Waals surface area contributed by atoms with E-state index in [2.05, 4.69) is 33.1 Å². The SMILES string of the molecule is Cc1ccc(NC(=O)N2CC(c3cccnc3)C3C2C2CCN3CC2)cc1. The van der Waals surface area contributed by atoms with Crippen LogP contribution in [0.5, 0.6) is 0 Å².